The third kappa shape index (κ3) is 6.29. The van der Waals surface area contributed by atoms with Crippen molar-refractivity contribution in [3.05, 3.63) is 0 Å². The summed E-state index contributed by atoms with van der Waals surface area (Å²) in [6.45, 7) is 3.43. The van der Waals surface area contributed by atoms with Crippen molar-refractivity contribution in [1.82, 2.24) is 13.9 Å². The molecule has 7 nitrogen and oxygen atoms in total. The summed E-state index contributed by atoms with van der Waals surface area (Å²) >= 11 is 0. The van der Waals surface area contributed by atoms with Gasteiger partial charge in [0.1, 0.15) is 0 Å². The molecule has 0 aromatic rings. The molecule has 0 saturated carbocycles. The van der Waals surface area contributed by atoms with Gasteiger partial charge in [-0.3, -0.25) is 4.79 Å². The minimum atomic E-state index is -3.53. The van der Waals surface area contributed by atoms with Crippen molar-refractivity contribution < 1.29 is 17.9 Å². The number of ether oxygens (including phenoxy) is 1. The second kappa shape index (κ2) is 8.41. The van der Waals surface area contributed by atoms with Crippen molar-refractivity contribution in [2.24, 2.45) is 0 Å². The van der Waals surface area contributed by atoms with Crippen LogP contribution in [0, 0.1) is 0 Å². The van der Waals surface area contributed by atoms with Crippen LogP contribution in [0.5, 0.6) is 0 Å². The largest absolute Gasteiger partial charge is 0.382 e. The summed E-state index contributed by atoms with van der Waals surface area (Å²) in [5.41, 5.74) is 0. The summed E-state index contributed by atoms with van der Waals surface area (Å²) in [6.07, 6.45) is 0.712. The maximum Gasteiger partial charge on any atom is 0.281 e. The van der Waals surface area contributed by atoms with Gasteiger partial charge in [0.15, 0.2) is 0 Å². The van der Waals surface area contributed by atoms with Crippen molar-refractivity contribution in [2.45, 2.75) is 13.3 Å². The van der Waals surface area contributed by atoms with Crippen LogP contribution in [0.1, 0.15) is 13.3 Å². The average Bonchev–Trinajstić information content (AvgIpc) is 2.28. The zero-order valence-corrected chi connectivity index (χ0v) is 12.3. The Bertz CT molecular complexity index is 343. The van der Waals surface area contributed by atoms with Crippen LogP contribution in [0.2, 0.25) is 0 Å². The van der Waals surface area contributed by atoms with Gasteiger partial charge in [-0.05, 0) is 13.3 Å². The normalized spacial score (nSPS) is 12.1. The van der Waals surface area contributed by atoms with Crippen molar-refractivity contribution in [1.29, 1.82) is 0 Å². The van der Waals surface area contributed by atoms with E-state index >= 15 is 0 Å². The lowest BCUT2D eigenvalue weighted by atomic mass is 10.4. The van der Waals surface area contributed by atoms with E-state index in [0.29, 0.717) is 26.2 Å². The first-order valence-electron chi connectivity index (χ1n) is 5.80. The van der Waals surface area contributed by atoms with Gasteiger partial charge in [0.05, 0.1) is 6.54 Å². The van der Waals surface area contributed by atoms with E-state index in [-0.39, 0.29) is 12.5 Å². The number of hydrogen-bond donors (Lipinski definition) is 1. The molecule has 0 rings (SSSR count). The van der Waals surface area contributed by atoms with Crippen LogP contribution in [0.25, 0.3) is 0 Å². The minimum Gasteiger partial charge on any atom is -0.382 e. The van der Waals surface area contributed by atoms with E-state index in [4.69, 9.17) is 4.74 Å². The molecule has 0 aliphatic carbocycles. The number of carbonyl (C=O) groups is 1. The van der Waals surface area contributed by atoms with E-state index < -0.39 is 10.2 Å². The van der Waals surface area contributed by atoms with E-state index in [2.05, 4.69) is 5.32 Å². The summed E-state index contributed by atoms with van der Waals surface area (Å²) < 4.78 is 30.5. The van der Waals surface area contributed by atoms with Crippen molar-refractivity contribution in [3.8, 4) is 0 Å². The molecule has 108 valence electrons. The zero-order valence-electron chi connectivity index (χ0n) is 11.5. The van der Waals surface area contributed by atoms with Crippen molar-refractivity contribution in [3.63, 3.8) is 0 Å². The van der Waals surface area contributed by atoms with Gasteiger partial charge in [-0.2, -0.15) is 17.0 Å². The lowest BCUT2D eigenvalue weighted by Gasteiger charge is -2.20. The highest BCUT2D eigenvalue weighted by Crippen LogP contribution is 1.99. The zero-order chi connectivity index (χ0) is 14.2. The van der Waals surface area contributed by atoms with E-state index in [1.54, 1.807) is 0 Å². The van der Waals surface area contributed by atoms with Crippen LogP contribution >= 0.6 is 0 Å². The van der Waals surface area contributed by atoms with Gasteiger partial charge in [-0.25, -0.2) is 0 Å². The summed E-state index contributed by atoms with van der Waals surface area (Å²) in [7, 11) is 0.685. The Labute approximate surface area is 109 Å². The fourth-order valence-electron chi connectivity index (χ4n) is 1.16. The third-order valence-corrected chi connectivity index (χ3v) is 4.05. The smallest absolute Gasteiger partial charge is 0.281 e. The number of amides is 1. The van der Waals surface area contributed by atoms with Crippen LogP contribution < -0.4 is 5.32 Å². The molecule has 0 atom stereocenters. The molecule has 0 aromatic carbocycles. The molecule has 0 aromatic heterocycles. The molecule has 0 bridgehead atoms. The molecular formula is C10H23N3O4S. The van der Waals surface area contributed by atoms with E-state index in [9.17, 15) is 13.2 Å². The van der Waals surface area contributed by atoms with Gasteiger partial charge < -0.3 is 10.1 Å². The lowest BCUT2D eigenvalue weighted by Crippen LogP contribution is -2.43. The van der Waals surface area contributed by atoms with Gasteiger partial charge in [0.25, 0.3) is 10.2 Å². The Hall–Kier alpha value is -0.700. The minimum absolute atomic E-state index is 0.185. The molecule has 0 unspecified atom stereocenters. The number of carbonyl (C=O) groups excluding carboxylic acids is 1. The van der Waals surface area contributed by atoms with Crippen molar-refractivity contribution in [2.75, 3.05) is 47.4 Å². The summed E-state index contributed by atoms with van der Waals surface area (Å²) in [5.74, 6) is -0.320. The van der Waals surface area contributed by atoms with E-state index in [1.807, 2.05) is 6.92 Å². The monoisotopic (exact) mass is 281 g/mol. The van der Waals surface area contributed by atoms with Crippen molar-refractivity contribution >= 4 is 16.1 Å². The van der Waals surface area contributed by atoms with Crippen LogP contribution in [0.3, 0.4) is 0 Å². The quantitative estimate of drug-likeness (QED) is 0.565. The lowest BCUT2D eigenvalue weighted by molar-refractivity contribution is -0.121. The highest BCUT2D eigenvalue weighted by atomic mass is 32.2. The third-order valence-electron chi connectivity index (χ3n) is 2.21. The van der Waals surface area contributed by atoms with Gasteiger partial charge in [-0.15, -0.1) is 0 Å². The van der Waals surface area contributed by atoms with Crippen LogP contribution in [-0.2, 0) is 19.7 Å². The topological polar surface area (TPSA) is 79.0 Å². The molecule has 0 radical (unpaired) electrons. The highest BCUT2D eigenvalue weighted by molar-refractivity contribution is 7.86. The number of likely N-dealkylation sites (N-methyl/N-ethyl adjacent to an activating group) is 1. The van der Waals surface area contributed by atoms with Crippen LogP contribution in [0.4, 0.5) is 0 Å². The van der Waals surface area contributed by atoms with Gasteiger partial charge in [0.2, 0.25) is 5.91 Å². The fraction of sp³-hybridized carbons (Fsp3) is 0.900. The van der Waals surface area contributed by atoms with Gasteiger partial charge >= 0.3 is 0 Å². The first-order chi connectivity index (χ1) is 8.32. The molecule has 8 heteroatoms. The Morgan fingerprint density at radius 2 is 1.89 bits per heavy atom. The van der Waals surface area contributed by atoms with E-state index in [1.165, 1.54) is 21.1 Å². The average molecular weight is 281 g/mol. The number of hydrogen-bond acceptors (Lipinski definition) is 4. The predicted molar refractivity (Wildman–Crippen MR) is 69.4 cm³/mol. The number of nitrogens with zero attached hydrogens (tertiary/aromatic N) is 2. The molecule has 0 aliphatic rings. The molecule has 1 N–H and O–H groups in total. The molecule has 0 aliphatic heterocycles. The van der Waals surface area contributed by atoms with E-state index in [0.717, 1.165) is 8.61 Å². The molecule has 0 saturated heterocycles. The maximum absolute atomic E-state index is 11.6. The highest BCUT2D eigenvalue weighted by Gasteiger charge is 2.22. The Morgan fingerprint density at radius 3 is 2.39 bits per heavy atom. The first-order valence-corrected chi connectivity index (χ1v) is 7.20. The fourth-order valence-corrected chi connectivity index (χ4v) is 2.00. The standard InChI is InChI=1S/C10H23N3O4S/c1-5-17-8-6-7-11-10(14)9-13(4)18(15,16)12(2)3/h5-9H2,1-4H3,(H,11,14). The summed E-state index contributed by atoms with van der Waals surface area (Å²) in [6, 6.07) is 0. The Balaban J connectivity index is 3.95. The SMILES string of the molecule is CCOCCCNC(=O)CN(C)S(=O)(=O)N(C)C. The second-order valence-corrected chi connectivity index (χ2v) is 6.20. The second-order valence-electron chi connectivity index (χ2n) is 3.95. The number of nitrogens with one attached hydrogen (secondary N) is 1. The molecule has 1 amide bonds. The van der Waals surface area contributed by atoms with Crippen LogP contribution in [-0.4, -0.2) is 70.4 Å². The van der Waals surface area contributed by atoms with Crippen LogP contribution in [0.15, 0.2) is 0 Å². The molecule has 18 heavy (non-hydrogen) atoms. The summed E-state index contributed by atoms with van der Waals surface area (Å²) in [4.78, 5) is 11.5. The molecule has 0 heterocycles. The molecule has 0 spiro atoms. The van der Waals surface area contributed by atoms with Gasteiger partial charge in [-0.1, -0.05) is 0 Å². The van der Waals surface area contributed by atoms with Gasteiger partial charge in [0, 0.05) is 40.9 Å². The summed E-state index contributed by atoms with van der Waals surface area (Å²) in [5, 5.41) is 2.64. The molecular weight excluding hydrogens is 258 g/mol. The maximum atomic E-state index is 11.6. The predicted octanol–water partition coefficient (Wildman–Crippen LogP) is -0.733. The Morgan fingerprint density at radius 1 is 1.28 bits per heavy atom. The molecule has 0 fully saturated rings. The number of rotatable bonds is 9. The first kappa shape index (κ1) is 17.3. The Kier molecular flexibility index (Phi) is 8.08.